The number of rotatable bonds is 3. The van der Waals surface area contributed by atoms with Gasteiger partial charge in [0.1, 0.15) is 0 Å². The summed E-state index contributed by atoms with van der Waals surface area (Å²) in [5.74, 6) is -0.0451. The van der Waals surface area contributed by atoms with Crippen molar-refractivity contribution in [2.24, 2.45) is 5.92 Å². The van der Waals surface area contributed by atoms with E-state index >= 15 is 0 Å². The van der Waals surface area contributed by atoms with Gasteiger partial charge in [-0.3, -0.25) is 4.79 Å². The third kappa shape index (κ3) is 2.90. The third-order valence-corrected chi connectivity index (χ3v) is 1.32. The molecule has 1 rings (SSSR count). The molecule has 50 valence electrons. The van der Waals surface area contributed by atoms with Gasteiger partial charge in [-0.25, -0.2) is 0 Å². The second-order valence-electron chi connectivity index (χ2n) is 2.36. The van der Waals surface area contributed by atoms with Crippen molar-refractivity contribution in [3.63, 3.8) is 0 Å². The van der Waals surface area contributed by atoms with Crippen molar-refractivity contribution in [1.82, 2.24) is 0 Å². The molecule has 0 heterocycles. The van der Waals surface area contributed by atoms with Crippen molar-refractivity contribution < 1.29 is 9.90 Å². The van der Waals surface area contributed by atoms with Crippen LogP contribution in [0.5, 0.6) is 0 Å². The van der Waals surface area contributed by atoms with Gasteiger partial charge in [-0.1, -0.05) is 12.2 Å². The zero-order valence-electron chi connectivity index (χ0n) is 5.21. The topological polar surface area (TPSA) is 37.3 Å². The number of hydrogen-bond donors (Lipinski definition) is 1. The first kappa shape index (κ1) is 6.33. The van der Waals surface area contributed by atoms with Gasteiger partial charge in [-0.15, -0.1) is 0 Å². The van der Waals surface area contributed by atoms with Gasteiger partial charge in [0.15, 0.2) is 0 Å². The minimum Gasteiger partial charge on any atom is -0.481 e. The third-order valence-electron chi connectivity index (χ3n) is 1.32. The Balaban J connectivity index is 2.08. The van der Waals surface area contributed by atoms with E-state index in [0.29, 0.717) is 5.92 Å². The summed E-state index contributed by atoms with van der Waals surface area (Å²) >= 11 is 0. The van der Waals surface area contributed by atoms with Crippen LogP contribution in [0.2, 0.25) is 0 Å². The number of carboxylic acid groups (broad SMARTS) is 1. The molecular weight excluding hydrogens is 116 g/mol. The Bertz CT molecular complexity index is 134. The summed E-state index contributed by atoms with van der Waals surface area (Å²) in [6.45, 7) is 0. The van der Waals surface area contributed by atoms with E-state index in [4.69, 9.17) is 5.11 Å². The predicted molar refractivity (Wildman–Crippen MR) is 34.1 cm³/mol. The molecule has 1 saturated carbocycles. The first-order valence-electron chi connectivity index (χ1n) is 3.17. The van der Waals surface area contributed by atoms with E-state index in [-0.39, 0.29) is 6.42 Å². The van der Waals surface area contributed by atoms with E-state index in [1.165, 1.54) is 12.8 Å². The van der Waals surface area contributed by atoms with Gasteiger partial charge < -0.3 is 5.11 Å². The SMILES string of the molecule is O=C(O)C/C=C/C1CC1. The lowest BCUT2D eigenvalue weighted by molar-refractivity contribution is -0.136. The predicted octanol–water partition coefficient (Wildman–Crippen LogP) is 1.43. The van der Waals surface area contributed by atoms with Gasteiger partial charge in [-0.05, 0) is 18.8 Å². The van der Waals surface area contributed by atoms with E-state index in [1.807, 2.05) is 6.08 Å². The average molecular weight is 126 g/mol. The van der Waals surface area contributed by atoms with Crippen molar-refractivity contribution in [1.29, 1.82) is 0 Å². The normalized spacial score (nSPS) is 18.7. The molecule has 2 nitrogen and oxygen atoms in total. The Morgan fingerprint density at radius 3 is 2.78 bits per heavy atom. The monoisotopic (exact) mass is 126 g/mol. The summed E-state index contributed by atoms with van der Waals surface area (Å²) in [4.78, 5) is 9.95. The highest BCUT2D eigenvalue weighted by molar-refractivity contribution is 5.68. The molecule has 0 aromatic carbocycles. The first-order chi connectivity index (χ1) is 4.29. The standard InChI is InChI=1S/C7H10O2/c8-7(9)3-1-2-6-4-5-6/h1-2,6H,3-5H2,(H,8,9)/b2-1+. The molecule has 0 aliphatic heterocycles. The lowest BCUT2D eigenvalue weighted by Gasteiger charge is -1.81. The molecule has 0 atom stereocenters. The molecule has 1 fully saturated rings. The minimum atomic E-state index is -0.744. The van der Waals surface area contributed by atoms with Gasteiger partial charge in [0, 0.05) is 0 Å². The van der Waals surface area contributed by atoms with Gasteiger partial charge in [0.2, 0.25) is 0 Å². The summed E-state index contributed by atoms with van der Waals surface area (Å²) in [5.41, 5.74) is 0. The van der Waals surface area contributed by atoms with Crippen molar-refractivity contribution in [3.8, 4) is 0 Å². The Hall–Kier alpha value is -0.790. The van der Waals surface area contributed by atoms with Gasteiger partial charge in [-0.2, -0.15) is 0 Å². The Morgan fingerprint density at radius 2 is 2.33 bits per heavy atom. The van der Waals surface area contributed by atoms with Crippen LogP contribution in [0.15, 0.2) is 12.2 Å². The molecule has 0 amide bonds. The molecule has 1 aliphatic carbocycles. The lowest BCUT2D eigenvalue weighted by atomic mass is 10.3. The second-order valence-corrected chi connectivity index (χ2v) is 2.36. The van der Waals surface area contributed by atoms with Crippen LogP contribution in [0.1, 0.15) is 19.3 Å². The maximum absolute atomic E-state index is 9.95. The Labute approximate surface area is 54.2 Å². The average Bonchev–Trinajstić information content (AvgIpc) is 2.48. The molecule has 0 bridgehead atoms. The fourth-order valence-corrected chi connectivity index (χ4v) is 0.650. The highest BCUT2D eigenvalue weighted by Gasteiger charge is 2.16. The zero-order valence-corrected chi connectivity index (χ0v) is 5.21. The smallest absolute Gasteiger partial charge is 0.307 e. The van der Waals surface area contributed by atoms with Crippen LogP contribution in [0, 0.1) is 5.92 Å². The highest BCUT2D eigenvalue weighted by atomic mass is 16.4. The Kier molecular flexibility index (Phi) is 1.88. The molecule has 0 aromatic heterocycles. The molecule has 9 heavy (non-hydrogen) atoms. The van der Waals surface area contributed by atoms with Crippen LogP contribution < -0.4 is 0 Å². The van der Waals surface area contributed by atoms with Crippen molar-refractivity contribution >= 4 is 5.97 Å². The van der Waals surface area contributed by atoms with Crippen LogP contribution in [0.4, 0.5) is 0 Å². The number of allylic oxidation sites excluding steroid dienone is 1. The molecule has 0 unspecified atom stereocenters. The molecule has 1 aliphatic rings. The minimum absolute atomic E-state index is 0.177. The van der Waals surface area contributed by atoms with Crippen LogP contribution in [-0.2, 0) is 4.79 Å². The highest BCUT2D eigenvalue weighted by Crippen LogP contribution is 2.29. The molecule has 0 spiro atoms. The quantitative estimate of drug-likeness (QED) is 0.581. The van der Waals surface area contributed by atoms with Crippen LogP contribution in [-0.4, -0.2) is 11.1 Å². The summed E-state index contributed by atoms with van der Waals surface area (Å²) in [5, 5.41) is 8.20. The molecular formula is C7H10O2. The van der Waals surface area contributed by atoms with Crippen molar-refractivity contribution in [2.45, 2.75) is 19.3 Å². The second kappa shape index (κ2) is 2.67. The van der Waals surface area contributed by atoms with Gasteiger partial charge >= 0.3 is 5.97 Å². The molecule has 0 aromatic rings. The summed E-state index contributed by atoms with van der Waals surface area (Å²) in [6.07, 6.45) is 6.40. The summed E-state index contributed by atoms with van der Waals surface area (Å²) < 4.78 is 0. The molecule has 0 radical (unpaired) electrons. The van der Waals surface area contributed by atoms with E-state index in [2.05, 4.69) is 0 Å². The lowest BCUT2D eigenvalue weighted by Crippen LogP contribution is -1.89. The van der Waals surface area contributed by atoms with Crippen LogP contribution >= 0.6 is 0 Å². The van der Waals surface area contributed by atoms with E-state index in [1.54, 1.807) is 6.08 Å². The molecule has 0 saturated heterocycles. The number of aliphatic carboxylic acids is 1. The van der Waals surface area contributed by atoms with E-state index < -0.39 is 5.97 Å². The molecule has 2 heteroatoms. The van der Waals surface area contributed by atoms with Crippen LogP contribution in [0.25, 0.3) is 0 Å². The fraction of sp³-hybridized carbons (Fsp3) is 0.571. The maximum Gasteiger partial charge on any atom is 0.307 e. The largest absolute Gasteiger partial charge is 0.481 e. The van der Waals surface area contributed by atoms with E-state index in [0.717, 1.165) is 0 Å². The summed E-state index contributed by atoms with van der Waals surface area (Å²) in [7, 11) is 0. The van der Waals surface area contributed by atoms with Crippen LogP contribution in [0.3, 0.4) is 0 Å². The van der Waals surface area contributed by atoms with Gasteiger partial charge in [0.05, 0.1) is 6.42 Å². The Morgan fingerprint density at radius 1 is 1.67 bits per heavy atom. The number of carboxylic acids is 1. The fourth-order valence-electron chi connectivity index (χ4n) is 0.650. The van der Waals surface area contributed by atoms with Gasteiger partial charge in [0.25, 0.3) is 0 Å². The first-order valence-corrected chi connectivity index (χ1v) is 3.17. The maximum atomic E-state index is 9.95. The number of hydrogen-bond acceptors (Lipinski definition) is 1. The zero-order chi connectivity index (χ0) is 6.69. The van der Waals surface area contributed by atoms with E-state index in [9.17, 15) is 4.79 Å². The van der Waals surface area contributed by atoms with Crippen molar-refractivity contribution in [2.75, 3.05) is 0 Å². The molecule has 1 N–H and O–H groups in total. The summed E-state index contributed by atoms with van der Waals surface area (Å²) in [6, 6.07) is 0. The number of carbonyl (C=O) groups is 1. The van der Waals surface area contributed by atoms with Crippen molar-refractivity contribution in [3.05, 3.63) is 12.2 Å².